The number of nitrogens with zero attached hydrogens (tertiary/aromatic N) is 3. The van der Waals surface area contributed by atoms with Crippen LogP contribution in [0.2, 0.25) is 0 Å². The molecule has 0 radical (unpaired) electrons. The summed E-state index contributed by atoms with van der Waals surface area (Å²) in [5.74, 6) is -0.741. The van der Waals surface area contributed by atoms with E-state index in [0.29, 0.717) is 30.9 Å². The molecular formula is C16H15F2N3O2. The van der Waals surface area contributed by atoms with E-state index >= 15 is 0 Å². The number of pyridine rings is 1. The maximum atomic E-state index is 13.9. The summed E-state index contributed by atoms with van der Waals surface area (Å²) in [6, 6.07) is 5.51. The standard InChI is InChI=1S/C16H15F2N3O2/c1-10-7-15(19-8-14(10)21(22)23)20-6-5-11(9-20)16-12(17)3-2-4-13(16)18/h2-4,7-8,11H,5-6,9H2,1H3. The summed E-state index contributed by atoms with van der Waals surface area (Å²) >= 11 is 0. The molecule has 0 bridgehead atoms. The van der Waals surface area contributed by atoms with Gasteiger partial charge < -0.3 is 4.90 Å². The van der Waals surface area contributed by atoms with Crippen molar-refractivity contribution in [3.8, 4) is 0 Å². The Morgan fingerprint density at radius 3 is 2.65 bits per heavy atom. The number of aryl methyl sites for hydroxylation is 1. The highest BCUT2D eigenvalue weighted by Crippen LogP contribution is 2.33. The Labute approximate surface area is 131 Å². The van der Waals surface area contributed by atoms with Crippen molar-refractivity contribution >= 4 is 11.5 Å². The first-order valence-electron chi connectivity index (χ1n) is 7.27. The van der Waals surface area contributed by atoms with Gasteiger partial charge in [0, 0.05) is 30.1 Å². The monoisotopic (exact) mass is 319 g/mol. The van der Waals surface area contributed by atoms with Gasteiger partial charge in [-0.25, -0.2) is 13.8 Å². The van der Waals surface area contributed by atoms with Crippen LogP contribution in [0.1, 0.15) is 23.5 Å². The summed E-state index contributed by atoms with van der Waals surface area (Å²) in [7, 11) is 0. The second kappa shape index (κ2) is 5.91. The minimum atomic E-state index is -0.537. The number of hydrogen-bond donors (Lipinski definition) is 0. The summed E-state index contributed by atoms with van der Waals surface area (Å²) in [6.45, 7) is 2.68. The number of halogens is 2. The van der Waals surface area contributed by atoms with Gasteiger partial charge in [0.25, 0.3) is 5.69 Å². The van der Waals surface area contributed by atoms with Crippen LogP contribution in [0.5, 0.6) is 0 Å². The van der Waals surface area contributed by atoms with Gasteiger partial charge in [-0.3, -0.25) is 10.1 Å². The molecule has 1 unspecified atom stereocenters. The van der Waals surface area contributed by atoms with E-state index in [1.54, 1.807) is 13.0 Å². The molecule has 5 nitrogen and oxygen atoms in total. The first-order chi connectivity index (χ1) is 11.0. The third-order valence-electron chi connectivity index (χ3n) is 4.19. The Hall–Kier alpha value is -2.57. The van der Waals surface area contributed by atoms with E-state index in [1.807, 2.05) is 4.90 Å². The van der Waals surface area contributed by atoms with Crippen LogP contribution in [0.15, 0.2) is 30.5 Å². The van der Waals surface area contributed by atoms with E-state index in [2.05, 4.69) is 4.98 Å². The predicted octanol–water partition coefficient (Wildman–Crippen LogP) is 3.57. The number of rotatable bonds is 3. The summed E-state index contributed by atoms with van der Waals surface area (Å²) in [6.07, 6.45) is 1.83. The second-order valence-corrected chi connectivity index (χ2v) is 5.65. The molecule has 1 saturated heterocycles. The zero-order valence-corrected chi connectivity index (χ0v) is 12.5. The molecule has 2 aromatic rings. The Balaban J connectivity index is 1.83. The van der Waals surface area contributed by atoms with E-state index in [-0.39, 0.29) is 17.2 Å². The van der Waals surface area contributed by atoms with Crippen molar-refractivity contribution in [1.29, 1.82) is 0 Å². The van der Waals surface area contributed by atoms with Gasteiger partial charge in [0.15, 0.2) is 0 Å². The second-order valence-electron chi connectivity index (χ2n) is 5.65. The van der Waals surface area contributed by atoms with Crippen molar-refractivity contribution in [2.24, 2.45) is 0 Å². The maximum absolute atomic E-state index is 13.9. The lowest BCUT2D eigenvalue weighted by Gasteiger charge is -2.18. The Morgan fingerprint density at radius 2 is 2.04 bits per heavy atom. The van der Waals surface area contributed by atoms with Crippen molar-refractivity contribution in [2.45, 2.75) is 19.3 Å². The molecule has 1 atom stereocenters. The summed E-state index contributed by atoms with van der Waals surface area (Å²) in [5.41, 5.74) is 0.582. The normalized spacial score (nSPS) is 17.5. The van der Waals surface area contributed by atoms with Crippen molar-refractivity contribution < 1.29 is 13.7 Å². The van der Waals surface area contributed by atoms with Crippen LogP contribution < -0.4 is 4.90 Å². The first-order valence-corrected chi connectivity index (χ1v) is 7.27. The van der Waals surface area contributed by atoms with E-state index in [0.717, 1.165) is 0 Å². The van der Waals surface area contributed by atoms with Gasteiger partial charge in [0.2, 0.25) is 0 Å². The number of benzene rings is 1. The molecule has 0 spiro atoms. The van der Waals surface area contributed by atoms with E-state index in [4.69, 9.17) is 0 Å². The summed E-state index contributed by atoms with van der Waals surface area (Å²) < 4.78 is 27.8. The highest BCUT2D eigenvalue weighted by Gasteiger charge is 2.29. The van der Waals surface area contributed by atoms with Crippen LogP contribution in [-0.2, 0) is 0 Å². The highest BCUT2D eigenvalue weighted by atomic mass is 19.1. The Kier molecular flexibility index (Phi) is 3.94. The SMILES string of the molecule is Cc1cc(N2CCC(c3c(F)cccc3F)C2)ncc1[N+](=O)[O-]. The highest BCUT2D eigenvalue weighted by molar-refractivity contribution is 5.50. The van der Waals surface area contributed by atoms with Crippen molar-refractivity contribution in [2.75, 3.05) is 18.0 Å². The Bertz CT molecular complexity index is 747. The van der Waals surface area contributed by atoms with Crippen LogP contribution in [0.25, 0.3) is 0 Å². The summed E-state index contributed by atoms with van der Waals surface area (Å²) in [5, 5.41) is 10.8. The zero-order valence-electron chi connectivity index (χ0n) is 12.5. The van der Waals surface area contributed by atoms with E-state index < -0.39 is 16.6 Å². The molecule has 1 aromatic carbocycles. The summed E-state index contributed by atoms with van der Waals surface area (Å²) in [4.78, 5) is 16.4. The minimum absolute atomic E-state index is 0.0374. The van der Waals surface area contributed by atoms with Crippen LogP contribution >= 0.6 is 0 Å². The van der Waals surface area contributed by atoms with Gasteiger partial charge in [0.1, 0.15) is 23.6 Å². The molecule has 1 fully saturated rings. The molecule has 0 aliphatic carbocycles. The fraction of sp³-hybridized carbons (Fsp3) is 0.312. The van der Waals surface area contributed by atoms with Crippen molar-refractivity contribution in [3.05, 3.63) is 63.3 Å². The molecule has 0 saturated carbocycles. The molecule has 7 heteroatoms. The number of hydrogen-bond acceptors (Lipinski definition) is 4. The fourth-order valence-electron chi connectivity index (χ4n) is 3.00. The average Bonchev–Trinajstić information content (AvgIpc) is 2.96. The molecule has 2 heterocycles. The number of anilines is 1. The van der Waals surface area contributed by atoms with Crippen molar-refractivity contribution in [1.82, 2.24) is 4.98 Å². The van der Waals surface area contributed by atoms with Crippen molar-refractivity contribution in [3.63, 3.8) is 0 Å². The number of nitro groups is 1. The lowest BCUT2D eigenvalue weighted by Crippen LogP contribution is -2.21. The lowest BCUT2D eigenvalue weighted by molar-refractivity contribution is -0.385. The third-order valence-corrected chi connectivity index (χ3v) is 4.19. The maximum Gasteiger partial charge on any atom is 0.290 e. The molecule has 1 aromatic heterocycles. The fourth-order valence-corrected chi connectivity index (χ4v) is 3.00. The molecular weight excluding hydrogens is 304 g/mol. The largest absolute Gasteiger partial charge is 0.356 e. The zero-order chi connectivity index (χ0) is 16.6. The molecule has 120 valence electrons. The van der Waals surface area contributed by atoms with Crippen LogP contribution in [0.4, 0.5) is 20.3 Å². The minimum Gasteiger partial charge on any atom is -0.356 e. The van der Waals surface area contributed by atoms with E-state index in [9.17, 15) is 18.9 Å². The van der Waals surface area contributed by atoms with Gasteiger partial charge in [0.05, 0.1) is 4.92 Å². The van der Waals surface area contributed by atoms with Crippen LogP contribution in [0, 0.1) is 28.7 Å². The molecule has 1 aliphatic heterocycles. The number of aromatic nitrogens is 1. The predicted molar refractivity (Wildman–Crippen MR) is 81.6 cm³/mol. The molecule has 3 rings (SSSR count). The van der Waals surface area contributed by atoms with Gasteiger partial charge in [-0.2, -0.15) is 0 Å². The molecule has 23 heavy (non-hydrogen) atoms. The first kappa shape index (κ1) is 15.3. The third kappa shape index (κ3) is 2.86. The molecule has 0 amide bonds. The van der Waals surface area contributed by atoms with Gasteiger partial charge in [-0.1, -0.05) is 6.07 Å². The average molecular weight is 319 g/mol. The Morgan fingerprint density at radius 1 is 1.35 bits per heavy atom. The molecule has 0 N–H and O–H groups in total. The lowest BCUT2D eigenvalue weighted by atomic mass is 9.97. The van der Waals surface area contributed by atoms with Gasteiger partial charge >= 0.3 is 0 Å². The topological polar surface area (TPSA) is 59.3 Å². The van der Waals surface area contributed by atoms with E-state index in [1.165, 1.54) is 24.4 Å². The smallest absolute Gasteiger partial charge is 0.290 e. The van der Waals surface area contributed by atoms with Gasteiger partial charge in [-0.05, 0) is 31.5 Å². The molecule has 1 aliphatic rings. The van der Waals surface area contributed by atoms with Crippen LogP contribution in [0.3, 0.4) is 0 Å². The van der Waals surface area contributed by atoms with Gasteiger partial charge in [-0.15, -0.1) is 0 Å². The quantitative estimate of drug-likeness (QED) is 0.641. The van der Waals surface area contributed by atoms with Crippen LogP contribution in [-0.4, -0.2) is 23.0 Å².